The average Bonchev–Trinajstić information content (AvgIpc) is 3.19. The van der Waals surface area contributed by atoms with Gasteiger partial charge in [0, 0.05) is 28.8 Å². The van der Waals surface area contributed by atoms with Crippen molar-refractivity contribution < 1.29 is 18.6 Å². The minimum atomic E-state index is -0.177. The molecule has 0 amide bonds. The molecule has 7 heteroatoms. The Morgan fingerprint density at radius 3 is 2.58 bits per heavy atom. The van der Waals surface area contributed by atoms with E-state index in [1.165, 1.54) is 0 Å². The highest BCUT2D eigenvalue weighted by Gasteiger charge is 2.20. The lowest BCUT2D eigenvalue weighted by molar-refractivity contribution is -0.0511. The highest BCUT2D eigenvalue weighted by molar-refractivity contribution is 6.30. The molecule has 158 valence electrons. The Hall–Kier alpha value is -3.22. The second-order valence-electron chi connectivity index (χ2n) is 7.44. The van der Waals surface area contributed by atoms with E-state index >= 15 is 0 Å². The molecule has 0 unspecified atom stereocenters. The third-order valence-electron chi connectivity index (χ3n) is 5.32. The summed E-state index contributed by atoms with van der Waals surface area (Å²) in [6, 6.07) is 16.3. The maximum Gasteiger partial charge on any atom is 0.266 e. The molecule has 2 aromatic heterocycles. The molecular formula is C24H20ClNO5. The van der Waals surface area contributed by atoms with Gasteiger partial charge in [-0.3, -0.25) is 9.36 Å². The van der Waals surface area contributed by atoms with E-state index in [0.717, 1.165) is 18.8 Å². The number of halogens is 1. The number of fused-ring (bicyclic) bond motifs is 1. The lowest BCUT2D eigenvalue weighted by Gasteiger charge is -2.26. The summed E-state index contributed by atoms with van der Waals surface area (Å²) in [5.74, 6) is 2.23. The topological polar surface area (TPSA) is 62.8 Å². The summed E-state index contributed by atoms with van der Waals surface area (Å²) in [5.41, 5.74) is 1.88. The highest BCUT2D eigenvalue weighted by Crippen LogP contribution is 2.31. The van der Waals surface area contributed by atoms with Crippen LogP contribution in [-0.2, 0) is 4.74 Å². The highest BCUT2D eigenvalue weighted by atomic mass is 35.5. The minimum Gasteiger partial charge on any atom is -0.493 e. The second-order valence-corrected chi connectivity index (χ2v) is 7.87. The summed E-state index contributed by atoms with van der Waals surface area (Å²) >= 11 is 5.96. The van der Waals surface area contributed by atoms with E-state index in [1.54, 1.807) is 48.2 Å². The Morgan fingerprint density at radius 2 is 1.87 bits per heavy atom. The number of nitrogens with zero attached hydrogens (tertiary/aromatic N) is 1. The van der Waals surface area contributed by atoms with Crippen LogP contribution in [0.4, 0.5) is 0 Å². The molecule has 0 radical (unpaired) electrons. The van der Waals surface area contributed by atoms with Crippen molar-refractivity contribution in [3.05, 3.63) is 76.2 Å². The van der Waals surface area contributed by atoms with Gasteiger partial charge >= 0.3 is 0 Å². The quantitative estimate of drug-likeness (QED) is 0.427. The van der Waals surface area contributed by atoms with E-state index in [4.69, 9.17) is 30.2 Å². The van der Waals surface area contributed by atoms with Crippen molar-refractivity contribution in [2.24, 2.45) is 5.92 Å². The third kappa shape index (κ3) is 3.80. The van der Waals surface area contributed by atoms with Gasteiger partial charge in [-0.1, -0.05) is 11.6 Å². The van der Waals surface area contributed by atoms with Gasteiger partial charge in [0.25, 0.3) is 5.56 Å². The van der Waals surface area contributed by atoms with E-state index in [9.17, 15) is 4.79 Å². The van der Waals surface area contributed by atoms with Crippen molar-refractivity contribution in [3.8, 4) is 28.5 Å². The number of benzene rings is 2. The van der Waals surface area contributed by atoms with E-state index in [-0.39, 0.29) is 5.56 Å². The van der Waals surface area contributed by atoms with Crippen LogP contribution in [0.25, 0.3) is 28.0 Å². The number of aromatic nitrogens is 1. The molecule has 1 saturated heterocycles. The average molecular weight is 438 g/mol. The van der Waals surface area contributed by atoms with Crippen molar-refractivity contribution in [2.75, 3.05) is 26.9 Å². The van der Waals surface area contributed by atoms with Crippen LogP contribution in [0.1, 0.15) is 0 Å². The van der Waals surface area contributed by atoms with Crippen molar-refractivity contribution in [1.29, 1.82) is 0 Å². The molecule has 31 heavy (non-hydrogen) atoms. The molecule has 2 aromatic carbocycles. The summed E-state index contributed by atoms with van der Waals surface area (Å²) in [6.07, 6.45) is 1.70. The van der Waals surface area contributed by atoms with Gasteiger partial charge in [0.2, 0.25) is 0 Å². The number of furan rings is 1. The normalized spacial score (nSPS) is 13.9. The first-order valence-electron chi connectivity index (χ1n) is 9.92. The van der Waals surface area contributed by atoms with Gasteiger partial charge < -0.3 is 18.6 Å². The predicted octanol–water partition coefficient (Wildman–Crippen LogP) is 4.94. The fourth-order valence-corrected chi connectivity index (χ4v) is 3.64. The zero-order valence-corrected chi connectivity index (χ0v) is 17.6. The summed E-state index contributed by atoms with van der Waals surface area (Å²) in [5, 5.41) is 1.14. The molecule has 6 nitrogen and oxygen atoms in total. The van der Waals surface area contributed by atoms with Crippen LogP contribution in [0.5, 0.6) is 11.5 Å². The fraction of sp³-hybridized carbons (Fsp3) is 0.208. The van der Waals surface area contributed by atoms with Gasteiger partial charge in [0.05, 0.1) is 38.0 Å². The minimum absolute atomic E-state index is 0.177. The molecule has 0 atom stereocenters. The van der Waals surface area contributed by atoms with Crippen LogP contribution >= 0.6 is 11.6 Å². The first-order chi connectivity index (χ1) is 15.1. The SMILES string of the molecule is COc1cc(-n2ccc3oc(-c4ccc(Cl)cc4)cc3c2=O)ccc1OCC1COC1. The zero-order chi connectivity index (χ0) is 21.4. The number of ether oxygens (including phenoxy) is 3. The molecule has 4 aromatic rings. The van der Waals surface area contributed by atoms with Crippen LogP contribution in [0.2, 0.25) is 5.02 Å². The molecule has 0 aliphatic carbocycles. The second kappa shape index (κ2) is 8.13. The number of methoxy groups -OCH3 is 1. The van der Waals surface area contributed by atoms with Crippen LogP contribution in [0.15, 0.2) is 70.0 Å². The number of pyridine rings is 1. The van der Waals surface area contributed by atoms with Crippen LogP contribution in [0.3, 0.4) is 0 Å². The van der Waals surface area contributed by atoms with Gasteiger partial charge in [-0.05, 0) is 48.5 Å². The van der Waals surface area contributed by atoms with E-state index in [1.807, 2.05) is 24.3 Å². The smallest absolute Gasteiger partial charge is 0.266 e. The number of hydrogen-bond acceptors (Lipinski definition) is 5. The summed E-state index contributed by atoms with van der Waals surface area (Å²) in [4.78, 5) is 13.2. The number of hydrogen-bond donors (Lipinski definition) is 0. The van der Waals surface area contributed by atoms with Gasteiger partial charge in [-0.2, -0.15) is 0 Å². The summed E-state index contributed by atoms with van der Waals surface area (Å²) < 4.78 is 24.0. The van der Waals surface area contributed by atoms with Crippen LogP contribution in [0, 0.1) is 5.92 Å². The molecule has 0 spiro atoms. The Kier molecular flexibility index (Phi) is 5.18. The van der Waals surface area contributed by atoms with Crippen molar-refractivity contribution in [2.45, 2.75) is 0 Å². The molecule has 3 heterocycles. The Labute approximate surface area is 183 Å². The Bertz CT molecular complexity index is 1290. The van der Waals surface area contributed by atoms with Gasteiger partial charge in [0.1, 0.15) is 11.3 Å². The van der Waals surface area contributed by atoms with Crippen molar-refractivity contribution in [3.63, 3.8) is 0 Å². The molecule has 1 fully saturated rings. The molecule has 0 bridgehead atoms. The first kappa shape index (κ1) is 19.7. The lowest BCUT2D eigenvalue weighted by atomic mass is 10.1. The summed E-state index contributed by atoms with van der Waals surface area (Å²) in [7, 11) is 1.58. The van der Waals surface area contributed by atoms with Gasteiger partial charge in [-0.15, -0.1) is 0 Å². The first-order valence-corrected chi connectivity index (χ1v) is 10.3. The number of rotatable bonds is 6. The van der Waals surface area contributed by atoms with Gasteiger partial charge in [0.15, 0.2) is 11.5 Å². The molecular weight excluding hydrogens is 418 g/mol. The third-order valence-corrected chi connectivity index (χ3v) is 5.57. The predicted molar refractivity (Wildman–Crippen MR) is 119 cm³/mol. The summed E-state index contributed by atoms with van der Waals surface area (Å²) in [6.45, 7) is 2.02. The molecule has 5 rings (SSSR count). The zero-order valence-electron chi connectivity index (χ0n) is 16.8. The maximum absolute atomic E-state index is 13.2. The fourth-order valence-electron chi connectivity index (χ4n) is 3.51. The van der Waals surface area contributed by atoms with E-state index in [2.05, 4.69) is 0 Å². The molecule has 0 saturated carbocycles. The largest absolute Gasteiger partial charge is 0.493 e. The molecule has 1 aliphatic rings. The van der Waals surface area contributed by atoms with Crippen LogP contribution < -0.4 is 15.0 Å². The van der Waals surface area contributed by atoms with Crippen molar-refractivity contribution in [1.82, 2.24) is 4.57 Å². The maximum atomic E-state index is 13.2. The molecule has 0 N–H and O–H groups in total. The lowest BCUT2D eigenvalue weighted by Crippen LogP contribution is -2.32. The molecule has 1 aliphatic heterocycles. The van der Waals surface area contributed by atoms with Gasteiger partial charge in [-0.25, -0.2) is 0 Å². The Balaban J connectivity index is 1.48. The van der Waals surface area contributed by atoms with E-state index < -0.39 is 0 Å². The monoisotopic (exact) mass is 437 g/mol. The van der Waals surface area contributed by atoms with Crippen LogP contribution in [-0.4, -0.2) is 31.5 Å². The Morgan fingerprint density at radius 1 is 1.06 bits per heavy atom. The van der Waals surface area contributed by atoms with Crippen molar-refractivity contribution >= 4 is 22.6 Å². The van der Waals surface area contributed by atoms with E-state index in [0.29, 0.717) is 51.5 Å². The standard InChI is InChI=1S/C24H20ClNO5/c1-28-23-10-18(6-7-21(23)30-14-15-12-29-13-15)26-9-8-20-19(24(26)27)11-22(31-20)16-2-4-17(25)5-3-16/h2-11,15H,12-14H2,1H3.